The molecule has 0 aliphatic rings. The Bertz CT molecular complexity index is 713. The minimum absolute atomic E-state index is 0.0334. The second kappa shape index (κ2) is 8.35. The first-order valence-corrected chi connectivity index (χ1v) is 8.16. The highest BCUT2D eigenvalue weighted by molar-refractivity contribution is 7.12. The molecule has 1 aromatic carbocycles. The zero-order chi connectivity index (χ0) is 17.5. The number of carbonyl (C=O) groups excluding carboxylic acids is 3. The second-order valence-electron chi connectivity index (χ2n) is 5.03. The SMILES string of the molecule is C[C@H](OC(=O)CCC(=O)c1cccs1)C(=O)Nc1ccc(F)cc1. The minimum Gasteiger partial charge on any atom is -0.453 e. The molecular weight excluding hydrogens is 333 g/mol. The summed E-state index contributed by atoms with van der Waals surface area (Å²) < 4.78 is 17.8. The Morgan fingerprint density at radius 3 is 2.50 bits per heavy atom. The van der Waals surface area contributed by atoms with E-state index in [9.17, 15) is 18.8 Å². The monoisotopic (exact) mass is 349 g/mol. The van der Waals surface area contributed by atoms with E-state index in [4.69, 9.17) is 4.74 Å². The number of benzene rings is 1. The first-order valence-electron chi connectivity index (χ1n) is 7.28. The molecule has 24 heavy (non-hydrogen) atoms. The van der Waals surface area contributed by atoms with Crippen LogP contribution in [-0.2, 0) is 14.3 Å². The van der Waals surface area contributed by atoms with Gasteiger partial charge in [0.25, 0.3) is 5.91 Å². The van der Waals surface area contributed by atoms with Gasteiger partial charge in [-0.1, -0.05) is 6.07 Å². The number of hydrogen-bond acceptors (Lipinski definition) is 5. The van der Waals surface area contributed by atoms with Crippen molar-refractivity contribution in [3.05, 3.63) is 52.5 Å². The topological polar surface area (TPSA) is 72.5 Å². The summed E-state index contributed by atoms with van der Waals surface area (Å²) in [5.41, 5.74) is 0.400. The van der Waals surface area contributed by atoms with Crippen LogP contribution < -0.4 is 5.32 Å². The summed E-state index contributed by atoms with van der Waals surface area (Å²) >= 11 is 1.31. The van der Waals surface area contributed by atoms with E-state index in [1.807, 2.05) is 0 Å². The summed E-state index contributed by atoms with van der Waals surface area (Å²) in [6.45, 7) is 1.43. The first kappa shape index (κ1) is 17.8. The normalized spacial score (nSPS) is 11.6. The molecule has 5 nitrogen and oxygen atoms in total. The van der Waals surface area contributed by atoms with Crippen molar-refractivity contribution in [1.82, 2.24) is 0 Å². The molecule has 2 aromatic rings. The molecule has 1 amide bonds. The van der Waals surface area contributed by atoms with E-state index < -0.39 is 23.8 Å². The van der Waals surface area contributed by atoms with Crippen molar-refractivity contribution in [3.63, 3.8) is 0 Å². The van der Waals surface area contributed by atoms with Crippen LogP contribution in [0.15, 0.2) is 41.8 Å². The van der Waals surface area contributed by atoms with Gasteiger partial charge < -0.3 is 10.1 Å². The maximum absolute atomic E-state index is 12.8. The smallest absolute Gasteiger partial charge is 0.307 e. The molecule has 0 radical (unpaired) electrons. The number of rotatable bonds is 7. The van der Waals surface area contributed by atoms with E-state index in [0.29, 0.717) is 10.6 Å². The van der Waals surface area contributed by atoms with Gasteiger partial charge in [-0.15, -0.1) is 11.3 Å². The molecule has 7 heteroatoms. The average molecular weight is 349 g/mol. The predicted octanol–water partition coefficient (Wildman–Crippen LogP) is 3.42. The highest BCUT2D eigenvalue weighted by Gasteiger charge is 2.19. The Morgan fingerprint density at radius 1 is 1.17 bits per heavy atom. The molecule has 2 rings (SSSR count). The summed E-state index contributed by atoms with van der Waals surface area (Å²) in [4.78, 5) is 36.0. The van der Waals surface area contributed by atoms with Gasteiger partial charge in [-0.3, -0.25) is 14.4 Å². The van der Waals surface area contributed by atoms with Crippen LogP contribution in [0.5, 0.6) is 0 Å². The van der Waals surface area contributed by atoms with E-state index in [-0.39, 0.29) is 18.6 Å². The van der Waals surface area contributed by atoms with Crippen molar-refractivity contribution >= 4 is 34.7 Å². The van der Waals surface area contributed by atoms with Crippen molar-refractivity contribution in [3.8, 4) is 0 Å². The molecule has 126 valence electrons. The Hall–Kier alpha value is -2.54. The molecule has 1 N–H and O–H groups in total. The van der Waals surface area contributed by atoms with Gasteiger partial charge in [0.05, 0.1) is 11.3 Å². The molecule has 0 bridgehead atoms. The van der Waals surface area contributed by atoms with Gasteiger partial charge in [-0.25, -0.2) is 4.39 Å². The number of esters is 1. The van der Waals surface area contributed by atoms with Gasteiger partial charge in [0.1, 0.15) is 5.82 Å². The third kappa shape index (κ3) is 5.27. The molecule has 0 fully saturated rings. The number of amides is 1. The van der Waals surface area contributed by atoms with Crippen LogP contribution in [0.4, 0.5) is 10.1 Å². The standard InChI is InChI=1S/C17H16FNO4S/c1-11(17(22)19-13-6-4-12(18)5-7-13)23-16(21)9-8-14(20)15-3-2-10-24-15/h2-7,10-11H,8-9H2,1H3,(H,19,22)/t11-/m0/s1. The molecule has 0 spiro atoms. The van der Waals surface area contributed by atoms with E-state index >= 15 is 0 Å². The number of Topliss-reactive ketones (excluding diaryl/α,β-unsaturated/α-hetero) is 1. The molecule has 0 saturated carbocycles. The quantitative estimate of drug-likeness (QED) is 0.614. The van der Waals surface area contributed by atoms with Crippen LogP contribution in [0.3, 0.4) is 0 Å². The summed E-state index contributed by atoms with van der Waals surface area (Å²) in [7, 11) is 0. The zero-order valence-electron chi connectivity index (χ0n) is 13.0. The molecular formula is C17H16FNO4S. The molecule has 0 unspecified atom stereocenters. The lowest BCUT2D eigenvalue weighted by Crippen LogP contribution is -2.30. The zero-order valence-corrected chi connectivity index (χ0v) is 13.8. The Balaban J connectivity index is 1.77. The predicted molar refractivity (Wildman–Crippen MR) is 88.5 cm³/mol. The third-order valence-electron chi connectivity index (χ3n) is 3.14. The van der Waals surface area contributed by atoms with Gasteiger partial charge in [0.2, 0.25) is 0 Å². The number of thiophene rings is 1. The second-order valence-corrected chi connectivity index (χ2v) is 5.98. The summed E-state index contributed by atoms with van der Waals surface area (Å²) in [6.07, 6.45) is -1.07. The number of ketones is 1. The number of ether oxygens (including phenoxy) is 1. The number of anilines is 1. The van der Waals surface area contributed by atoms with Crippen molar-refractivity contribution in [2.24, 2.45) is 0 Å². The largest absolute Gasteiger partial charge is 0.453 e. The summed E-state index contributed by atoms with van der Waals surface area (Å²) in [5.74, 6) is -1.70. The maximum Gasteiger partial charge on any atom is 0.307 e. The number of hydrogen-bond donors (Lipinski definition) is 1. The molecule has 1 aromatic heterocycles. The van der Waals surface area contributed by atoms with Crippen LogP contribution in [0.25, 0.3) is 0 Å². The fourth-order valence-corrected chi connectivity index (χ4v) is 2.56. The molecule has 0 aliphatic carbocycles. The number of nitrogens with one attached hydrogen (secondary N) is 1. The highest BCUT2D eigenvalue weighted by atomic mass is 32.1. The van der Waals surface area contributed by atoms with Crippen LogP contribution in [0.2, 0.25) is 0 Å². The number of carbonyl (C=O) groups is 3. The van der Waals surface area contributed by atoms with E-state index in [2.05, 4.69) is 5.32 Å². The van der Waals surface area contributed by atoms with Gasteiger partial charge in [0, 0.05) is 12.1 Å². The van der Waals surface area contributed by atoms with Gasteiger partial charge in [0.15, 0.2) is 11.9 Å². The van der Waals surface area contributed by atoms with Crippen molar-refractivity contribution < 1.29 is 23.5 Å². The van der Waals surface area contributed by atoms with Crippen LogP contribution in [-0.4, -0.2) is 23.8 Å². The summed E-state index contributed by atoms with van der Waals surface area (Å²) in [6, 6.07) is 8.68. The Morgan fingerprint density at radius 2 is 1.88 bits per heavy atom. The lowest BCUT2D eigenvalue weighted by molar-refractivity contribution is -0.153. The van der Waals surface area contributed by atoms with Gasteiger partial charge in [-0.05, 0) is 42.6 Å². The van der Waals surface area contributed by atoms with Crippen molar-refractivity contribution in [2.45, 2.75) is 25.9 Å². The lowest BCUT2D eigenvalue weighted by Gasteiger charge is -2.13. The number of halogens is 1. The maximum atomic E-state index is 12.8. The fraction of sp³-hybridized carbons (Fsp3) is 0.235. The lowest BCUT2D eigenvalue weighted by atomic mass is 10.2. The Labute approximate surface area is 142 Å². The fourth-order valence-electron chi connectivity index (χ4n) is 1.86. The summed E-state index contributed by atoms with van der Waals surface area (Å²) in [5, 5.41) is 4.30. The van der Waals surface area contributed by atoms with E-state index in [0.717, 1.165) is 0 Å². The molecule has 0 saturated heterocycles. The molecule has 1 heterocycles. The molecule has 0 aliphatic heterocycles. The van der Waals surface area contributed by atoms with Gasteiger partial charge >= 0.3 is 5.97 Å². The average Bonchev–Trinajstić information content (AvgIpc) is 3.09. The van der Waals surface area contributed by atoms with Crippen LogP contribution in [0.1, 0.15) is 29.4 Å². The van der Waals surface area contributed by atoms with Crippen molar-refractivity contribution in [2.75, 3.05) is 5.32 Å². The first-order chi connectivity index (χ1) is 11.5. The van der Waals surface area contributed by atoms with E-state index in [1.165, 1.54) is 42.5 Å². The minimum atomic E-state index is -1.01. The highest BCUT2D eigenvalue weighted by Crippen LogP contribution is 2.13. The van der Waals surface area contributed by atoms with Crippen molar-refractivity contribution in [1.29, 1.82) is 0 Å². The molecule has 1 atom stereocenters. The van der Waals surface area contributed by atoms with Crippen LogP contribution in [0, 0.1) is 5.82 Å². The Kier molecular flexibility index (Phi) is 6.20. The third-order valence-corrected chi connectivity index (χ3v) is 4.05. The van der Waals surface area contributed by atoms with Gasteiger partial charge in [-0.2, -0.15) is 0 Å². The van der Waals surface area contributed by atoms with Crippen LogP contribution >= 0.6 is 11.3 Å². The van der Waals surface area contributed by atoms with E-state index in [1.54, 1.807) is 17.5 Å².